The molecule has 264 valence electrons. The largest absolute Gasteiger partial charge is 0.377 e. The van der Waals surface area contributed by atoms with Gasteiger partial charge >= 0.3 is 0 Å². The molecule has 0 aliphatic rings. The standard InChI is InChI=1S/C29H43N3O14S/c1-25-2-5-27(6-3-25)47(37,38)46-23-22-45-21-20-44-19-18-43-17-16-42-15-14-41-13-12-40-11-10-39-9-8-30-28-7-4-26(31(33)34)24-29(28)32(35)36/h2-7,24,30H,8-23H2,1H3. The van der Waals surface area contributed by atoms with E-state index in [0.29, 0.717) is 79.3 Å². The first kappa shape index (κ1) is 39.8. The summed E-state index contributed by atoms with van der Waals surface area (Å²) in [4.78, 5) is 20.7. The van der Waals surface area contributed by atoms with Gasteiger partial charge in [0.1, 0.15) is 5.69 Å². The molecular weight excluding hydrogens is 646 g/mol. The molecule has 0 atom stereocenters. The Labute approximate surface area is 273 Å². The fraction of sp³-hybridized carbons (Fsp3) is 0.586. The molecule has 0 aliphatic carbocycles. The summed E-state index contributed by atoms with van der Waals surface area (Å²) in [6.07, 6.45) is 0. The highest BCUT2D eigenvalue weighted by molar-refractivity contribution is 7.86. The number of nitrogens with zero attached hydrogens (tertiary/aromatic N) is 2. The van der Waals surface area contributed by atoms with Gasteiger partial charge in [0.15, 0.2) is 0 Å². The molecule has 0 unspecified atom stereocenters. The summed E-state index contributed by atoms with van der Waals surface area (Å²) < 4.78 is 66.9. The van der Waals surface area contributed by atoms with Crippen LogP contribution in [0.15, 0.2) is 47.4 Å². The number of hydrogen-bond donors (Lipinski definition) is 1. The maximum Gasteiger partial charge on any atom is 0.299 e. The van der Waals surface area contributed by atoms with Crippen LogP contribution in [-0.4, -0.2) is 124 Å². The minimum atomic E-state index is -3.79. The smallest absolute Gasteiger partial charge is 0.299 e. The summed E-state index contributed by atoms with van der Waals surface area (Å²) >= 11 is 0. The summed E-state index contributed by atoms with van der Waals surface area (Å²) in [6.45, 7) is 7.00. The third-order valence-corrected chi connectivity index (χ3v) is 7.29. The van der Waals surface area contributed by atoms with Crippen molar-refractivity contribution in [1.82, 2.24) is 0 Å². The number of anilines is 1. The van der Waals surface area contributed by atoms with Gasteiger partial charge in [0, 0.05) is 12.6 Å². The first-order chi connectivity index (χ1) is 22.7. The highest BCUT2D eigenvalue weighted by Crippen LogP contribution is 2.28. The van der Waals surface area contributed by atoms with Crippen LogP contribution in [0.4, 0.5) is 17.1 Å². The van der Waals surface area contributed by atoms with Crippen LogP contribution < -0.4 is 5.32 Å². The predicted octanol–water partition coefficient (Wildman–Crippen LogP) is 2.75. The van der Waals surface area contributed by atoms with Crippen molar-refractivity contribution in [3.8, 4) is 0 Å². The molecule has 0 saturated carbocycles. The van der Waals surface area contributed by atoms with Crippen molar-refractivity contribution < 1.29 is 55.6 Å². The summed E-state index contributed by atoms with van der Waals surface area (Å²) in [6, 6.07) is 9.82. The predicted molar refractivity (Wildman–Crippen MR) is 168 cm³/mol. The number of aryl methyl sites for hydroxylation is 1. The molecule has 0 aliphatic heterocycles. The van der Waals surface area contributed by atoms with E-state index < -0.39 is 20.0 Å². The maximum atomic E-state index is 12.1. The van der Waals surface area contributed by atoms with Crippen molar-refractivity contribution in [3.05, 3.63) is 68.3 Å². The van der Waals surface area contributed by atoms with Crippen LogP contribution >= 0.6 is 0 Å². The molecule has 17 nitrogen and oxygen atoms in total. The first-order valence-electron chi connectivity index (χ1n) is 14.9. The molecule has 0 radical (unpaired) electrons. The maximum absolute atomic E-state index is 12.1. The second kappa shape index (κ2) is 23.9. The average Bonchev–Trinajstić information content (AvgIpc) is 3.04. The van der Waals surface area contributed by atoms with Crippen LogP contribution in [0.1, 0.15) is 5.56 Å². The molecule has 2 rings (SSSR count). The Bertz CT molecular complexity index is 1280. The molecule has 0 heterocycles. The van der Waals surface area contributed by atoms with Gasteiger partial charge in [-0.25, -0.2) is 0 Å². The van der Waals surface area contributed by atoms with Gasteiger partial charge < -0.3 is 38.5 Å². The Morgan fingerprint density at radius 3 is 1.45 bits per heavy atom. The van der Waals surface area contributed by atoms with E-state index in [0.717, 1.165) is 11.6 Å². The van der Waals surface area contributed by atoms with Crippen LogP contribution in [0.5, 0.6) is 0 Å². The Hall–Kier alpha value is -3.33. The van der Waals surface area contributed by atoms with Crippen molar-refractivity contribution >= 4 is 27.2 Å². The van der Waals surface area contributed by atoms with Crippen molar-refractivity contribution in [2.24, 2.45) is 0 Å². The Kier molecular flexibility index (Phi) is 20.3. The number of ether oxygens (including phenoxy) is 7. The zero-order valence-electron chi connectivity index (χ0n) is 26.4. The van der Waals surface area contributed by atoms with Crippen molar-refractivity contribution in [2.75, 3.05) is 111 Å². The zero-order chi connectivity index (χ0) is 34.2. The Morgan fingerprint density at radius 1 is 0.596 bits per heavy atom. The fourth-order valence-electron chi connectivity index (χ4n) is 3.59. The molecule has 0 spiro atoms. The second-order valence-electron chi connectivity index (χ2n) is 9.52. The molecule has 0 aromatic heterocycles. The lowest BCUT2D eigenvalue weighted by atomic mass is 10.2. The average molecular weight is 690 g/mol. The molecule has 1 N–H and O–H groups in total. The Balaban J connectivity index is 1.28. The molecule has 2 aromatic carbocycles. The number of non-ortho nitro benzene ring substituents is 1. The normalized spacial score (nSPS) is 11.5. The summed E-state index contributed by atoms with van der Waals surface area (Å²) in [5.41, 5.74) is 0.409. The molecule has 0 bridgehead atoms. The minimum Gasteiger partial charge on any atom is -0.377 e. The minimum absolute atomic E-state index is 0.0802. The summed E-state index contributed by atoms with van der Waals surface area (Å²) in [5.74, 6) is 0. The molecule has 0 fully saturated rings. The van der Waals surface area contributed by atoms with E-state index in [-0.39, 0.29) is 48.3 Å². The van der Waals surface area contributed by atoms with Gasteiger partial charge in [0.2, 0.25) is 0 Å². The number of benzene rings is 2. The van der Waals surface area contributed by atoms with Crippen molar-refractivity contribution in [1.29, 1.82) is 0 Å². The zero-order valence-corrected chi connectivity index (χ0v) is 27.2. The highest BCUT2D eigenvalue weighted by Gasteiger charge is 2.19. The van der Waals surface area contributed by atoms with E-state index >= 15 is 0 Å². The lowest BCUT2D eigenvalue weighted by molar-refractivity contribution is -0.393. The third-order valence-electron chi connectivity index (χ3n) is 5.96. The van der Waals surface area contributed by atoms with Gasteiger partial charge in [-0.05, 0) is 25.1 Å². The van der Waals surface area contributed by atoms with Crippen molar-refractivity contribution in [2.45, 2.75) is 11.8 Å². The quantitative estimate of drug-likeness (QED) is 0.0564. The summed E-state index contributed by atoms with van der Waals surface area (Å²) in [7, 11) is -3.79. The van der Waals surface area contributed by atoms with Gasteiger partial charge in [-0.3, -0.25) is 24.4 Å². The Morgan fingerprint density at radius 2 is 1.02 bits per heavy atom. The monoisotopic (exact) mass is 689 g/mol. The van der Waals surface area contributed by atoms with Crippen LogP contribution in [0.2, 0.25) is 0 Å². The van der Waals surface area contributed by atoms with Crippen LogP contribution in [-0.2, 0) is 47.5 Å². The molecule has 47 heavy (non-hydrogen) atoms. The number of nitro groups is 2. The van der Waals surface area contributed by atoms with E-state index in [1.165, 1.54) is 24.3 Å². The van der Waals surface area contributed by atoms with E-state index in [4.69, 9.17) is 37.3 Å². The number of hydrogen-bond acceptors (Lipinski definition) is 15. The van der Waals surface area contributed by atoms with Gasteiger partial charge in [-0.15, -0.1) is 0 Å². The number of nitrogens with one attached hydrogen (secondary N) is 1. The van der Waals surface area contributed by atoms with E-state index in [9.17, 15) is 28.6 Å². The first-order valence-corrected chi connectivity index (χ1v) is 16.3. The molecule has 18 heteroatoms. The summed E-state index contributed by atoms with van der Waals surface area (Å²) in [5, 5.41) is 24.8. The van der Waals surface area contributed by atoms with Gasteiger partial charge in [0.05, 0.1) is 120 Å². The van der Waals surface area contributed by atoms with Crippen molar-refractivity contribution in [3.63, 3.8) is 0 Å². The van der Waals surface area contributed by atoms with Crippen LogP contribution in [0.25, 0.3) is 0 Å². The van der Waals surface area contributed by atoms with Crippen LogP contribution in [0.3, 0.4) is 0 Å². The van der Waals surface area contributed by atoms with E-state index in [1.54, 1.807) is 12.1 Å². The molecular formula is C29H43N3O14S. The van der Waals surface area contributed by atoms with E-state index in [1.807, 2.05) is 6.92 Å². The van der Waals surface area contributed by atoms with Gasteiger partial charge in [0.25, 0.3) is 21.5 Å². The van der Waals surface area contributed by atoms with Gasteiger partial charge in [-0.1, -0.05) is 17.7 Å². The fourth-order valence-corrected chi connectivity index (χ4v) is 4.48. The van der Waals surface area contributed by atoms with E-state index in [2.05, 4.69) is 5.32 Å². The van der Waals surface area contributed by atoms with Gasteiger partial charge in [-0.2, -0.15) is 8.42 Å². The SMILES string of the molecule is Cc1ccc(S(=O)(=O)OCCOCCOCCOCCOCCOCCOCCOCCNc2ccc([N+](=O)[O-])cc2[N+](=O)[O-])cc1. The third kappa shape index (κ3) is 18.0. The number of rotatable bonds is 29. The second-order valence-corrected chi connectivity index (χ2v) is 11.1. The highest BCUT2D eigenvalue weighted by atomic mass is 32.2. The topological polar surface area (TPSA) is 206 Å². The molecule has 0 amide bonds. The van der Waals surface area contributed by atoms with Crippen LogP contribution in [0, 0.1) is 27.2 Å². The lowest BCUT2D eigenvalue weighted by Gasteiger charge is -2.09. The number of nitro benzene ring substituents is 2. The lowest BCUT2D eigenvalue weighted by Crippen LogP contribution is -2.16. The molecule has 0 saturated heterocycles. The molecule has 2 aromatic rings.